The molecule has 2 aromatic rings. The molecule has 6 heteroatoms. The molecule has 27 heavy (non-hydrogen) atoms. The third-order valence-corrected chi connectivity index (χ3v) is 5.14. The molecule has 0 spiro atoms. The minimum Gasteiger partial charge on any atom is -0.352 e. The highest BCUT2D eigenvalue weighted by molar-refractivity contribution is 9.10. The summed E-state index contributed by atoms with van der Waals surface area (Å²) in [5.41, 5.74) is 1.60. The van der Waals surface area contributed by atoms with Crippen molar-refractivity contribution in [3.05, 3.63) is 70.5 Å². The summed E-state index contributed by atoms with van der Waals surface area (Å²) in [4.78, 5) is 30.3. The van der Waals surface area contributed by atoms with E-state index in [4.69, 9.17) is 0 Å². The predicted molar refractivity (Wildman–Crippen MR) is 109 cm³/mol. The van der Waals surface area contributed by atoms with E-state index in [1.807, 2.05) is 29.2 Å². The lowest BCUT2D eigenvalue weighted by Gasteiger charge is -2.32. The van der Waals surface area contributed by atoms with Gasteiger partial charge in [-0.15, -0.1) is 0 Å². The largest absolute Gasteiger partial charge is 0.352 e. The number of piperidine rings is 1. The van der Waals surface area contributed by atoms with Gasteiger partial charge < -0.3 is 10.2 Å². The first-order valence-electron chi connectivity index (χ1n) is 9.02. The summed E-state index contributed by atoms with van der Waals surface area (Å²) in [5.74, 6) is 0.331. The van der Waals surface area contributed by atoms with Gasteiger partial charge in [0.25, 0.3) is 5.91 Å². The number of aromatic nitrogens is 1. The van der Waals surface area contributed by atoms with Crippen molar-refractivity contribution in [3.8, 4) is 0 Å². The maximum atomic E-state index is 12.4. The highest BCUT2D eigenvalue weighted by atomic mass is 79.9. The zero-order valence-electron chi connectivity index (χ0n) is 15.0. The van der Waals surface area contributed by atoms with Gasteiger partial charge in [0.2, 0.25) is 5.91 Å². The quantitative estimate of drug-likeness (QED) is 0.742. The molecule has 5 nitrogen and oxygen atoms in total. The summed E-state index contributed by atoms with van der Waals surface area (Å²) < 4.78 is 0.984. The van der Waals surface area contributed by atoms with Gasteiger partial charge >= 0.3 is 0 Å². The number of halogens is 1. The van der Waals surface area contributed by atoms with Crippen LogP contribution in [0.4, 0.5) is 0 Å². The number of carbonyl (C=O) groups is 2. The van der Waals surface area contributed by atoms with Crippen LogP contribution in [0, 0.1) is 5.92 Å². The first kappa shape index (κ1) is 19.3. The zero-order chi connectivity index (χ0) is 19.1. The van der Waals surface area contributed by atoms with Crippen LogP contribution in [0.2, 0.25) is 0 Å². The van der Waals surface area contributed by atoms with Gasteiger partial charge in [-0.3, -0.25) is 14.6 Å². The molecule has 0 radical (unpaired) electrons. The molecular formula is C21H22BrN3O2. The molecular weight excluding hydrogens is 406 g/mol. The van der Waals surface area contributed by atoms with E-state index >= 15 is 0 Å². The number of pyridine rings is 1. The molecule has 1 aromatic heterocycles. The fraction of sp³-hybridized carbons (Fsp3) is 0.286. The Hall–Kier alpha value is -2.47. The number of carbonyl (C=O) groups excluding carboxylic acids is 2. The summed E-state index contributed by atoms with van der Waals surface area (Å²) in [5, 5.41) is 2.96. The third kappa shape index (κ3) is 5.76. The number of nitrogens with zero attached hydrogens (tertiary/aromatic N) is 2. The van der Waals surface area contributed by atoms with Crippen molar-refractivity contribution < 1.29 is 9.59 Å². The van der Waals surface area contributed by atoms with Crippen LogP contribution in [0.15, 0.2) is 59.3 Å². The zero-order valence-corrected chi connectivity index (χ0v) is 16.6. The van der Waals surface area contributed by atoms with Gasteiger partial charge in [0.1, 0.15) is 0 Å². The number of benzene rings is 1. The van der Waals surface area contributed by atoms with E-state index in [-0.39, 0.29) is 11.8 Å². The fourth-order valence-electron chi connectivity index (χ4n) is 3.10. The van der Waals surface area contributed by atoms with E-state index in [1.165, 1.54) is 0 Å². The third-order valence-electron chi connectivity index (χ3n) is 4.65. The second-order valence-electron chi connectivity index (χ2n) is 6.61. The van der Waals surface area contributed by atoms with Crippen LogP contribution in [0.3, 0.4) is 0 Å². The molecule has 1 aliphatic rings. The summed E-state index contributed by atoms with van der Waals surface area (Å²) in [6, 6.07) is 11.4. The standard InChI is InChI=1S/C21H22BrN3O2/c22-19-5-1-3-16(13-19)6-7-20(26)24-14-17-8-11-25(12-9-17)21(27)18-4-2-10-23-15-18/h1-7,10,13,15,17H,8-9,11-12,14H2,(H,24,26)/b7-6+. The van der Waals surface area contributed by atoms with E-state index in [0.29, 0.717) is 31.1 Å². The van der Waals surface area contributed by atoms with Gasteiger partial charge in [-0.05, 0) is 54.7 Å². The average molecular weight is 428 g/mol. The lowest BCUT2D eigenvalue weighted by molar-refractivity contribution is -0.116. The predicted octanol–water partition coefficient (Wildman–Crippen LogP) is 3.53. The van der Waals surface area contributed by atoms with Crippen molar-refractivity contribution in [1.29, 1.82) is 0 Å². The molecule has 1 fully saturated rings. The number of hydrogen-bond donors (Lipinski definition) is 1. The smallest absolute Gasteiger partial charge is 0.255 e. The monoisotopic (exact) mass is 427 g/mol. The molecule has 0 saturated carbocycles. The van der Waals surface area contributed by atoms with Crippen molar-refractivity contribution >= 4 is 33.8 Å². The summed E-state index contributed by atoms with van der Waals surface area (Å²) >= 11 is 3.42. The number of nitrogens with one attached hydrogen (secondary N) is 1. The molecule has 1 aromatic carbocycles. The Kier molecular flexibility index (Phi) is 6.76. The Morgan fingerprint density at radius 2 is 2.04 bits per heavy atom. The van der Waals surface area contributed by atoms with Crippen molar-refractivity contribution in [2.45, 2.75) is 12.8 Å². The Labute approximate surface area is 167 Å². The minimum absolute atomic E-state index is 0.0301. The van der Waals surface area contributed by atoms with Crippen molar-refractivity contribution in [3.63, 3.8) is 0 Å². The van der Waals surface area contributed by atoms with Crippen molar-refractivity contribution in [2.75, 3.05) is 19.6 Å². The molecule has 2 heterocycles. The normalized spacial score (nSPS) is 15.1. The van der Waals surface area contributed by atoms with Crippen LogP contribution in [-0.2, 0) is 4.79 Å². The van der Waals surface area contributed by atoms with E-state index < -0.39 is 0 Å². The fourth-order valence-corrected chi connectivity index (χ4v) is 3.51. The first-order valence-corrected chi connectivity index (χ1v) is 9.82. The van der Waals surface area contributed by atoms with Crippen molar-refractivity contribution in [1.82, 2.24) is 15.2 Å². The Morgan fingerprint density at radius 1 is 1.22 bits per heavy atom. The van der Waals surface area contributed by atoms with Crippen LogP contribution >= 0.6 is 15.9 Å². The number of likely N-dealkylation sites (tertiary alicyclic amines) is 1. The molecule has 1 aliphatic heterocycles. The summed E-state index contributed by atoms with van der Waals surface area (Å²) in [6.07, 6.45) is 8.41. The average Bonchev–Trinajstić information content (AvgIpc) is 2.71. The number of rotatable bonds is 5. The van der Waals surface area contributed by atoms with Crippen LogP contribution < -0.4 is 5.32 Å². The van der Waals surface area contributed by atoms with Gasteiger partial charge in [0.15, 0.2) is 0 Å². The van der Waals surface area contributed by atoms with Crippen LogP contribution in [0.5, 0.6) is 0 Å². The van der Waals surface area contributed by atoms with Crippen LogP contribution in [0.1, 0.15) is 28.8 Å². The highest BCUT2D eigenvalue weighted by Crippen LogP contribution is 2.18. The minimum atomic E-state index is -0.0937. The molecule has 2 amide bonds. The molecule has 0 bridgehead atoms. The molecule has 1 N–H and O–H groups in total. The Bertz CT molecular complexity index is 815. The van der Waals surface area contributed by atoms with E-state index in [0.717, 1.165) is 22.9 Å². The number of amides is 2. The number of hydrogen-bond acceptors (Lipinski definition) is 3. The second kappa shape index (κ2) is 9.46. The van der Waals surface area contributed by atoms with E-state index in [9.17, 15) is 9.59 Å². The Morgan fingerprint density at radius 3 is 2.74 bits per heavy atom. The van der Waals surface area contributed by atoms with E-state index in [2.05, 4.69) is 26.2 Å². The highest BCUT2D eigenvalue weighted by Gasteiger charge is 2.23. The molecule has 0 atom stereocenters. The SMILES string of the molecule is O=C(/C=C/c1cccc(Br)c1)NCC1CCN(C(=O)c2cccnc2)CC1. The van der Waals surface area contributed by atoms with Crippen LogP contribution in [0.25, 0.3) is 6.08 Å². The van der Waals surface area contributed by atoms with Crippen molar-refractivity contribution in [2.24, 2.45) is 5.92 Å². The lowest BCUT2D eigenvalue weighted by atomic mass is 9.96. The van der Waals surface area contributed by atoms with Gasteiger partial charge in [-0.25, -0.2) is 0 Å². The molecule has 1 saturated heterocycles. The van der Waals surface area contributed by atoms with Crippen LogP contribution in [-0.4, -0.2) is 41.3 Å². The molecule has 140 valence electrons. The molecule has 0 unspecified atom stereocenters. The van der Waals surface area contributed by atoms with E-state index in [1.54, 1.807) is 36.7 Å². The Balaban J connectivity index is 1.41. The lowest BCUT2D eigenvalue weighted by Crippen LogP contribution is -2.41. The molecule has 3 rings (SSSR count). The second-order valence-corrected chi connectivity index (χ2v) is 7.53. The maximum Gasteiger partial charge on any atom is 0.255 e. The van der Waals surface area contributed by atoms with Gasteiger partial charge in [-0.2, -0.15) is 0 Å². The summed E-state index contributed by atoms with van der Waals surface area (Å²) in [6.45, 7) is 2.06. The summed E-state index contributed by atoms with van der Waals surface area (Å²) in [7, 11) is 0. The maximum absolute atomic E-state index is 12.4. The molecule has 0 aliphatic carbocycles. The van der Waals surface area contributed by atoms with Gasteiger partial charge in [0.05, 0.1) is 5.56 Å². The van der Waals surface area contributed by atoms with Gasteiger partial charge in [0, 0.05) is 42.6 Å². The topological polar surface area (TPSA) is 62.3 Å². The van der Waals surface area contributed by atoms with Gasteiger partial charge in [-0.1, -0.05) is 28.1 Å². The first-order chi connectivity index (χ1) is 13.1.